The molecule has 108 valence electrons. The van der Waals surface area contributed by atoms with Crippen molar-refractivity contribution < 1.29 is 18.3 Å². The standard InChI is InChI=1S/C12H13ClN2O4S/c1-8(2)15(7-12(16)17)20(18,19)11-5-3-4-10(13)9(11)6-14/h3-5,8H,7H2,1-2H3,(H,16,17). The molecule has 0 saturated carbocycles. The predicted molar refractivity (Wildman–Crippen MR) is 72.8 cm³/mol. The Bertz CT molecular complexity index is 665. The SMILES string of the molecule is CC(C)N(CC(=O)O)S(=O)(=O)c1cccc(Cl)c1C#N. The highest BCUT2D eigenvalue weighted by atomic mass is 35.5. The lowest BCUT2D eigenvalue weighted by Gasteiger charge is -2.24. The maximum Gasteiger partial charge on any atom is 0.318 e. The number of benzene rings is 1. The van der Waals surface area contributed by atoms with E-state index in [-0.39, 0.29) is 15.5 Å². The highest BCUT2D eigenvalue weighted by molar-refractivity contribution is 7.89. The van der Waals surface area contributed by atoms with Gasteiger partial charge in [-0.3, -0.25) is 4.79 Å². The van der Waals surface area contributed by atoms with Crippen LogP contribution >= 0.6 is 11.6 Å². The van der Waals surface area contributed by atoms with Crippen LogP contribution in [0.2, 0.25) is 5.02 Å². The normalized spacial score (nSPS) is 11.6. The first kappa shape index (κ1) is 16.4. The summed E-state index contributed by atoms with van der Waals surface area (Å²) in [5.41, 5.74) is -0.190. The lowest BCUT2D eigenvalue weighted by Crippen LogP contribution is -2.40. The van der Waals surface area contributed by atoms with Crippen molar-refractivity contribution in [3.63, 3.8) is 0 Å². The Labute approximate surface area is 122 Å². The van der Waals surface area contributed by atoms with E-state index in [1.165, 1.54) is 18.2 Å². The monoisotopic (exact) mass is 316 g/mol. The molecule has 8 heteroatoms. The molecule has 0 radical (unpaired) electrons. The molecule has 0 aliphatic carbocycles. The number of sulfonamides is 1. The Kier molecular flexibility index (Phi) is 5.11. The molecule has 1 rings (SSSR count). The summed E-state index contributed by atoms with van der Waals surface area (Å²) in [4.78, 5) is 10.5. The van der Waals surface area contributed by atoms with Crippen molar-refractivity contribution in [3.8, 4) is 6.07 Å². The van der Waals surface area contributed by atoms with Gasteiger partial charge in [0.1, 0.15) is 17.5 Å². The molecule has 1 aromatic rings. The number of hydrogen-bond donors (Lipinski definition) is 1. The van der Waals surface area contributed by atoms with E-state index in [0.29, 0.717) is 0 Å². The fourth-order valence-corrected chi connectivity index (χ4v) is 3.66. The van der Waals surface area contributed by atoms with E-state index in [4.69, 9.17) is 22.0 Å². The zero-order chi connectivity index (χ0) is 15.5. The molecule has 0 heterocycles. The summed E-state index contributed by atoms with van der Waals surface area (Å²) < 4.78 is 25.8. The predicted octanol–water partition coefficient (Wildman–Crippen LogP) is 1.70. The van der Waals surface area contributed by atoms with Crippen LogP contribution in [0.25, 0.3) is 0 Å². The summed E-state index contributed by atoms with van der Waals surface area (Å²) in [5, 5.41) is 17.9. The third-order valence-corrected chi connectivity index (χ3v) is 4.92. The highest BCUT2D eigenvalue weighted by Crippen LogP contribution is 2.26. The van der Waals surface area contributed by atoms with Crippen LogP contribution < -0.4 is 0 Å². The summed E-state index contributed by atoms with van der Waals surface area (Å²) in [6.45, 7) is 2.42. The van der Waals surface area contributed by atoms with Gasteiger partial charge in [0.15, 0.2) is 0 Å². The average Bonchev–Trinajstić information content (AvgIpc) is 2.34. The van der Waals surface area contributed by atoms with E-state index in [1.807, 2.05) is 0 Å². The smallest absolute Gasteiger partial charge is 0.318 e. The van der Waals surface area contributed by atoms with Crippen molar-refractivity contribution in [3.05, 3.63) is 28.8 Å². The first-order valence-electron chi connectivity index (χ1n) is 5.64. The number of carboxylic acid groups (broad SMARTS) is 1. The molecule has 1 N–H and O–H groups in total. The van der Waals surface area contributed by atoms with Gasteiger partial charge >= 0.3 is 5.97 Å². The second kappa shape index (κ2) is 6.22. The van der Waals surface area contributed by atoms with Crippen molar-refractivity contribution in [2.24, 2.45) is 0 Å². The van der Waals surface area contributed by atoms with Crippen LogP contribution in [0, 0.1) is 11.3 Å². The maximum absolute atomic E-state index is 12.5. The van der Waals surface area contributed by atoms with Crippen LogP contribution in [0.4, 0.5) is 0 Å². The first-order chi connectivity index (χ1) is 9.21. The topological polar surface area (TPSA) is 98.5 Å². The number of hydrogen-bond acceptors (Lipinski definition) is 4. The summed E-state index contributed by atoms with van der Waals surface area (Å²) >= 11 is 5.80. The number of nitrogens with zero attached hydrogens (tertiary/aromatic N) is 2. The molecule has 0 bridgehead atoms. The Morgan fingerprint density at radius 2 is 2.10 bits per heavy atom. The lowest BCUT2D eigenvalue weighted by atomic mass is 10.2. The second-order valence-corrected chi connectivity index (χ2v) is 6.53. The van der Waals surface area contributed by atoms with Gasteiger partial charge in [0, 0.05) is 6.04 Å². The van der Waals surface area contributed by atoms with Gasteiger partial charge in [-0.2, -0.15) is 9.57 Å². The van der Waals surface area contributed by atoms with Gasteiger partial charge in [0.25, 0.3) is 0 Å². The number of carboxylic acids is 1. The second-order valence-electron chi connectivity index (χ2n) is 4.26. The molecule has 1 aromatic carbocycles. The number of nitriles is 1. The van der Waals surface area contributed by atoms with E-state index in [0.717, 1.165) is 4.31 Å². The third kappa shape index (κ3) is 3.28. The average molecular weight is 317 g/mol. The van der Waals surface area contributed by atoms with Crippen molar-refractivity contribution in [1.82, 2.24) is 4.31 Å². The molecule has 0 aliphatic rings. The highest BCUT2D eigenvalue weighted by Gasteiger charge is 2.31. The number of aliphatic carboxylic acids is 1. The molecule has 0 aromatic heterocycles. The summed E-state index contributed by atoms with van der Waals surface area (Å²) in [7, 11) is -4.12. The summed E-state index contributed by atoms with van der Waals surface area (Å²) in [5.74, 6) is -1.28. The van der Waals surface area contributed by atoms with Gasteiger partial charge in [-0.05, 0) is 26.0 Å². The van der Waals surface area contributed by atoms with Gasteiger partial charge in [0.05, 0.1) is 10.6 Å². The minimum atomic E-state index is -4.12. The van der Waals surface area contributed by atoms with Crippen molar-refractivity contribution >= 4 is 27.6 Å². The molecule has 0 unspecified atom stereocenters. The molecule has 0 fully saturated rings. The van der Waals surface area contributed by atoms with Gasteiger partial charge < -0.3 is 5.11 Å². The Morgan fingerprint density at radius 1 is 1.50 bits per heavy atom. The first-order valence-corrected chi connectivity index (χ1v) is 7.46. The Hall–Kier alpha value is -1.62. The van der Waals surface area contributed by atoms with E-state index in [1.54, 1.807) is 19.9 Å². The maximum atomic E-state index is 12.5. The molecule has 6 nitrogen and oxygen atoms in total. The molecule has 0 saturated heterocycles. The zero-order valence-corrected chi connectivity index (χ0v) is 12.4. The van der Waals surface area contributed by atoms with Crippen LogP contribution in [0.3, 0.4) is 0 Å². The summed E-state index contributed by atoms with van der Waals surface area (Å²) in [6, 6.07) is 5.19. The van der Waals surface area contributed by atoms with Crippen molar-refractivity contribution in [2.75, 3.05) is 6.54 Å². The van der Waals surface area contributed by atoms with E-state index < -0.39 is 28.6 Å². The van der Waals surface area contributed by atoms with E-state index in [9.17, 15) is 13.2 Å². The Morgan fingerprint density at radius 3 is 2.55 bits per heavy atom. The van der Waals surface area contributed by atoms with Gasteiger partial charge in [-0.15, -0.1) is 0 Å². The van der Waals surface area contributed by atoms with Crippen LogP contribution in [0.1, 0.15) is 19.4 Å². The van der Waals surface area contributed by atoms with Crippen LogP contribution in [-0.2, 0) is 14.8 Å². The van der Waals surface area contributed by atoms with Gasteiger partial charge in [-0.1, -0.05) is 17.7 Å². The van der Waals surface area contributed by atoms with Crippen molar-refractivity contribution in [1.29, 1.82) is 5.26 Å². The van der Waals surface area contributed by atoms with E-state index in [2.05, 4.69) is 0 Å². The minimum Gasteiger partial charge on any atom is -0.480 e. The van der Waals surface area contributed by atoms with Gasteiger partial charge in [-0.25, -0.2) is 8.42 Å². The number of carbonyl (C=O) groups is 1. The quantitative estimate of drug-likeness (QED) is 0.891. The van der Waals surface area contributed by atoms with Crippen LogP contribution in [0.15, 0.2) is 23.1 Å². The molecule has 0 spiro atoms. The van der Waals surface area contributed by atoms with Crippen LogP contribution in [0.5, 0.6) is 0 Å². The van der Waals surface area contributed by atoms with Gasteiger partial charge in [0.2, 0.25) is 10.0 Å². The zero-order valence-electron chi connectivity index (χ0n) is 10.9. The summed E-state index contributed by atoms with van der Waals surface area (Å²) in [6.07, 6.45) is 0. The Balaban J connectivity index is 3.46. The number of halogens is 1. The number of rotatable bonds is 5. The lowest BCUT2D eigenvalue weighted by molar-refractivity contribution is -0.137. The molecule has 20 heavy (non-hydrogen) atoms. The molecular weight excluding hydrogens is 304 g/mol. The fourth-order valence-electron chi connectivity index (χ4n) is 1.63. The third-order valence-electron chi connectivity index (χ3n) is 2.54. The minimum absolute atomic E-state index is 0.00704. The molecule has 0 amide bonds. The van der Waals surface area contributed by atoms with Crippen molar-refractivity contribution in [2.45, 2.75) is 24.8 Å². The molecular formula is C12H13ClN2O4S. The van der Waals surface area contributed by atoms with Crippen LogP contribution in [-0.4, -0.2) is 36.4 Å². The fraction of sp³-hybridized carbons (Fsp3) is 0.333. The molecule has 0 atom stereocenters. The molecule has 0 aliphatic heterocycles. The largest absolute Gasteiger partial charge is 0.480 e. The van der Waals surface area contributed by atoms with E-state index >= 15 is 0 Å².